The standard InChI is InChI=1S/C13H15FO2/c1-2-16-13(15)7-10-4-3-9-5-6-11(14)8-12(9)10/h4-5,8,11H,2-3,6-7H2,1H3. The highest BCUT2D eigenvalue weighted by Crippen LogP contribution is 2.36. The average molecular weight is 222 g/mol. The molecule has 0 radical (unpaired) electrons. The highest BCUT2D eigenvalue weighted by Gasteiger charge is 2.23. The van der Waals surface area contributed by atoms with Gasteiger partial charge in [-0.1, -0.05) is 12.2 Å². The van der Waals surface area contributed by atoms with Crippen LogP contribution in [0.5, 0.6) is 0 Å². The van der Waals surface area contributed by atoms with Gasteiger partial charge in [0.05, 0.1) is 13.0 Å². The summed E-state index contributed by atoms with van der Waals surface area (Å²) in [5.74, 6) is -0.239. The van der Waals surface area contributed by atoms with E-state index in [2.05, 4.69) is 0 Å². The number of hydrogen-bond acceptors (Lipinski definition) is 2. The zero-order valence-corrected chi connectivity index (χ0v) is 9.33. The molecule has 0 heterocycles. The second-order valence-corrected chi connectivity index (χ2v) is 3.98. The summed E-state index contributed by atoms with van der Waals surface area (Å²) < 4.78 is 18.1. The fraction of sp³-hybridized carbons (Fsp3) is 0.462. The van der Waals surface area contributed by atoms with Gasteiger partial charge < -0.3 is 4.74 Å². The lowest BCUT2D eigenvalue weighted by Gasteiger charge is -2.14. The first-order valence-corrected chi connectivity index (χ1v) is 5.61. The average Bonchev–Trinajstić information content (AvgIpc) is 2.61. The fourth-order valence-electron chi connectivity index (χ4n) is 2.11. The van der Waals surface area contributed by atoms with E-state index in [1.165, 1.54) is 0 Å². The van der Waals surface area contributed by atoms with Gasteiger partial charge in [0.15, 0.2) is 0 Å². The summed E-state index contributed by atoms with van der Waals surface area (Å²) in [6.45, 7) is 2.17. The Balaban J connectivity index is 2.07. The van der Waals surface area contributed by atoms with Crippen LogP contribution in [0.2, 0.25) is 0 Å². The van der Waals surface area contributed by atoms with Crippen LogP contribution in [0.25, 0.3) is 0 Å². The van der Waals surface area contributed by atoms with Crippen LogP contribution in [-0.2, 0) is 9.53 Å². The lowest BCUT2D eigenvalue weighted by molar-refractivity contribution is -0.142. The molecule has 0 bridgehead atoms. The third kappa shape index (κ3) is 2.23. The van der Waals surface area contributed by atoms with Crippen LogP contribution in [0.4, 0.5) is 4.39 Å². The van der Waals surface area contributed by atoms with Gasteiger partial charge in [-0.25, -0.2) is 4.39 Å². The minimum absolute atomic E-state index is 0.239. The zero-order valence-electron chi connectivity index (χ0n) is 9.33. The predicted octanol–water partition coefficient (Wildman–Crippen LogP) is 2.86. The molecular formula is C13H15FO2. The molecule has 1 unspecified atom stereocenters. The van der Waals surface area contributed by atoms with E-state index in [0.717, 1.165) is 23.1 Å². The van der Waals surface area contributed by atoms with Crippen LogP contribution >= 0.6 is 0 Å². The number of carbonyl (C=O) groups excluding carboxylic acids is 1. The Hall–Kier alpha value is -1.38. The third-order valence-electron chi connectivity index (χ3n) is 2.84. The fourth-order valence-corrected chi connectivity index (χ4v) is 2.11. The summed E-state index contributed by atoms with van der Waals surface area (Å²) in [5.41, 5.74) is 2.96. The van der Waals surface area contributed by atoms with Crippen molar-refractivity contribution in [3.8, 4) is 0 Å². The monoisotopic (exact) mass is 222 g/mol. The van der Waals surface area contributed by atoms with E-state index >= 15 is 0 Å². The molecule has 3 heteroatoms. The molecule has 0 aromatic rings. The molecule has 0 fully saturated rings. The lowest BCUT2D eigenvalue weighted by atomic mass is 9.94. The number of allylic oxidation sites excluding steroid dienone is 5. The molecule has 0 amide bonds. The third-order valence-corrected chi connectivity index (χ3v) is 2.84. The maximum absolute atomic E-state index is 13.2. The van der Waals surface area contributed by atoms with Crippen LogP contribution in [0.15, 0.2) is 34.9 Å². The van der Waals surface area contributed by atoms with Gasteiger partial charge in [0, 0.05) is 6.42 Å². The first-order chi connectivity index (χ1) is 7.70. The van der Waals surface area contributed by atoms with E-state index in [1.807, 2.05) is 12.2 Å². The molecule has 86 valence electrons. The maximum atomic E-state index is 13.2. The van der Waals surface area contributed by atoms with Crippen molar-refractivity contribution in [2.75, 3.05) is 6.61 Å². The van der Waals surface area contributed by atoms with Gasteiger partial charge in [-0.15, -0.1) is 0 Å². The molecule has 2 rings (SSSR count). The van der Waals surface area contributed by atoms with Crippen molar-refractivity contribution in [3.05, 3.63) is 34.9 Å². The van der Waals surface area contributed by atoms with Crippen molar-refractivity contribution in [1.29, 1.82) is 0 Å². The number of ether oxygens (including phenoxy) is 1. The molecule has 0 N–H and O–H groups in total. The Labute approximate surface area is 94.5 Å². The Morgan fingerprint density at radius 2 is 2.38 bits per heavy atom. The smallest absolute Gasteiger partial charge is 0.310 e. The Morgan fingerprint density at radius 3 is 3.12 bits per heavy atom. The van der Waals surface area contributed by atoms with E-state index in [1.54, 1.807) is 13.0 Å². The summed E-state index contributed by atoms with van der Waals surface area (Å²) >= 11 is 0. The normalized spacial score (nSPS) is 23.1. The molecule has 2 aliphatic rings. The quantitative estimate of drug-likeness (QED) is 0.686. The van der Waals surface area contributed by atoms with E-state index in [4.69, 9.17) is 4.74 Å². The SMILES string of the molecule is CCOC(=O)CC1=CCC2=CCC(F)C=C21. The molecule has 1 atom stereocenters. The van der Waals surface area contributed by atoms with E-state index < -0.39 is 6.17 Å². The molecule has 0 aromatic heterocycles. The number of carbonyl (C=O) groups is 1. The number of hydrogen-bond donors (Lipinski definition) is 0. The number of esters is 1. The molecule has 0 saturated carbocycles. The van der Waals surface area contributed by atoms with Crippen molar-refractivity contribution >= 4 is 5.97 Å². The van der Waals surface area contributed by atoms with Crippen molar-refractivity contribution < 1.29 is 13.9 Å². The molecule has 0 aliphatic heterocycles. The second kappa shape index (κ2) is 4.64. The van der Waals surface area contributed by atoms with Gasteiger partial charge in [0.25, 0.3) is 0 Å². The van der Waals surface area contributed by atoms with Crippen LogP contribution in [0, 0.1) is 0 Å². The van der Waals surface area contributed by atoms with Crippen molar-refractivity contribution in [3.63, 3.8) is 0 Å². The molecule has 0 saturated heterocycles. The minimum Gasteiger partial charge on any atom is -0.466 e. The maximum Gasteiger partial charge on any atom is 0.310 e. The van der Waals surface area contributed by atoms with Crippen molar-refractivity contribution in [2.45, 2.75) is 32.4 Å². The molecule has 0 aromatic carbocycles. The molecule has 2 aliphatic carbocycles. The topological polar surface area (TPSA) is 26.3 Å². The summed E-state index contributed by atoms with van der Waals surface area (Å²) in [6.07, 6.45) is 6.15. The number of fused-ring (bicyclic) bond motifs is 1. The molecule has 0 spiro atoms. The predicted molar refractivity (Wildman–Crippen MR) is 59.6 cm³/mol. The number of rotatable bonds is 3. The van der Waals surface area contributed by atoms with Crippen LogP contribution in [-0.4, -0.2) is 18.7 Å². The Morgan fingerprint density at radius 1 is 1.56 bits per heavy atom. The molecular weight excluding hydrogens is 207 g/mol. The zero-order chi connectivity index (χ0) is 11.5. The van der Waals surface area contributed by atoms with Gasteiger partial charge in [-0.2, -0.15) is 0 Å². The highest BCUT2D eigenvalue weighted by atomic mass is 19.1. The van der Waals surface area contributed by atoms with Gasteiger partial charge in [0.1, 0.15) is 6.17 Å². The summed E-state index contributed by atoms with van der Waals surface area (Å²) in [7, 11) is 0. The minimum atomic E-state index is -0.914. The summed E-state index contributed by atoms with van der Waals surface area (Å²) in [4.78, 5) is 11.4. The van der Waals surface area contributed by atoms with E-state index in [9.17, 15) is 9.18 Å². The van der Waals surface area contributed by atoms with E-state index in [0.29, 0.717) is 13.0 Å². The van der Waals surface area contributed by atoms with Crippen LogP contribution < -0.4 is 0 Å². The second-order valence-electron chi connectivity index (χ2n) is 3.98. The van der Waals surface area contributed by atoms with Crippen molar-refractivity contribution in [2.24, 2.45) is 0 Å². The summed E-state index contributed by atoms with van der Waals surface area (Å²) in [6, 6.07) is 0. The summed E-state index contributed by atoms with van der Waals surface area (Å²) in [5, 5.41) is 0. The van der Waals surface area contributed by atoms with Gasteiger partial charge in [0.2, 0.25) is 0 Å². The van der Waals surface area contributed by atoms with Gasteiger partial charge >= 0.3 is 5.97 Å². The molecule has 2 nitrogen and oxygen atoms in total. The van der Waals surface area contributed by atoms with Gasteiger partial charge in [-0.05, 0) is 36.1 Å². The first kappa shape index (κ1) is 11.1. The highest BCUT2D eigenvalue weighted by molar-refractivity contribution is 5.76. The number of alkyl halides is 1. The van der Waals surface area contributed by atoms with Crippen LogP contribution in [0.1, 0.15) is 26.2 Å². The lowest BCUT2D eigenvalue weighted by Crippen LogP contribution is -2.08. The molecule has 16 heavy (non-hydrogen) atoms. The first-order valence-electron chi connectivity index (χ1n) is 5.61. The van der Waals surface area contributed by atoms with Crippen molar-refractivity contribution in [1.82, 2.24) is 0 Å². The van der Waals surface area contributed by atoms with Gasteiger partial charge in [-0.3, -0.25) is 4.79 Å². The Bertz CT molecular complexity index is 391. The van der Waals surface area contributed by atoms with E-state index in [-0.39, 0.29) is 12.4 Å². The Kier molecular flexibility index (Phi) is 3.22. The number of halogens is 1. The largest absolute Gasteiger partial charge is 0.466 e. The van der Waals surface area contributed by atoms with Crippen LogP contribution in [0.3, 0.4) is 0 Å².